The minimum atomic E-state index is -0.851. The monoisotopic (exact) mass is 455 g/mol. The van der Waals surface area contributed by atoms with Gasteiger partial charge in [0.25, 0.3) is 0 Å². The number of primary amides is 1. The lowest BCUT2D eigenvalue weighted by atomic mass is 10.0. The normalized spacial score (nSPS) is 12.4. The van der Waals surface area contributed by atoms with Gasteiger partial charge in [0.15, 0.2) is 0 Å². The summed E-state index contributed by atoms with van der Waals surface area (Å²) in [5.41, 5.74) is 12.9. The Morgan fingerprint density at radius 1 is 0.909 bits per heavy atom. The molecule has 0 fully saturated rings. The second kappa shape index (κ2) is 13.9. The molecule has 0 aromatic heterocycles. The number of benzene rings is 2. The fourth-order valence-corrected chi connectivity index (χ4v) is 3.28. The molecule has 0 saturated heterocycles. The van der Waals surface area contributed by atoms with E-state index in [4.69, 9.17) is 16.2 Å². The molecule has 0 spiro atoms. The van der Waals surface area contributed by atoms with Crippen molar-refractivity contribution in [3.63, 3.8) is 0 Å². The minimum Gasteiger partial charge on any atom is -0.445 e. The Morgan fingerprint density at radius 3 is 2.21 bits per heavy atom. The highest BCUT2D eigenvalue weighted by atomic mass is 16.5. The lowest BCUT2D eigenvalue weighted by Gasteiger charge is -2.22. The smallest absolute Gasteiger partial charge is 0.404 e. The van der Waals surface area contributed by atoms with Gasteiger partial charge in [-0.3, -0.25) is 9.59 Å². The minimum absolute atomic E-state index is 0.0498. The van der Waals surface area contributed by atoms with Crippen molar-refractivity contribution in [3.8, 4) is 0 Å². The van der Waals surface area contributed by atoms with Crippen LogP contribution in [0, 0.1) is 0 Å². The molecule has 2 aromatic carbocycles. The molecule has 7 N–H and O–H groups in total. The Balaban J connectivity index is 2.01. The van der Waals surface area contributed by atoms with Gasteiger partial charge in [0, 0.05) is 5.69 Å². The van der Waals surface area contributed by atoms with Gasteiger partial charge in [0.1, 0.15) is 12.6 Å². The van der Waals surface area contributed by atoms with E-state index in [1.54, 1.807) is 31.3 Å². The van der Waals surface area contributed by atoms with E-state index in [1.165, 1.54) is 0 Å². The summed E-state index contributed by atoms with van der Waals surface area (Å²) in [5.74, 6) is -0.552. The number of likely N-dealkylation sites (N-methyl/N-ethyl adjacent to an activating group) is 1. The van der Waals surface area contributed by atoms with Crippen LogP contribution >= 0.6 is 0 Å². The number of amides is 3. The summed E-state index contributed by atoms with van der Waals surface area (Å²) in [4.78, 5) is 36.6. The van der Waals surface area contributed by atoms with Crippen LogP contribution in [-0.4, -0.2) is 43.6 Å². The first kappa shape index (κ1) is 25.8. The van der Waals surface area contributed by atoms with Gasteiger partial charge < -0.3 is 32.2 Å². The van der Waals surface area contributed by atoms with Crippen LogP contribution in [0.15, 0.2) is 54.6 Å². The molecule has 2 unspecified atom stereocenters. The van der Waals surface area contributed by atoms with Crippen LogP contribution in [-0.2, 0) is 27.4 Å². The molecule has 0 saturated carbocycles. The summed E-state index contributed by atoms with van der Waals surface area (Å²) in [7, 11) is 1.72. The predicted octanol–water partition coefficient (Wildman–Crippen LogP) is 1.66. The second-order valence-electron chi connectivity index (χ2n) is 7.67. The van der Waals surface area contributed by atoms with Crippen LogP contribution in [0.1, 0.15) is 30.4 Å². The lowest BCUT2D eigenvalue weighted by molar-refractivity contribution is -0.128. The third-order valence-electron chi connectivity index (χ3n) is 5.13. The molecule has 9 nitrogen and oxygen atoms in total. The van der Waals surface area contributed by atoms with Crippen molar-refractivity contribution in [1.82, 2.24) is 10.6 Å². The van der Waals surface area contributed by atoms with Crippen LogP contribution in [0.3, 0.4) is 0 Å². The molecule has 178 valence electrons. The van der Waals surface area contributed by atoms with E-state index in [1.807, 2.05) is 30.3 Å². The molecule has 3 amide bonds. The van der Waals surface area contributed by atoms with Gasteiger partial charge in [0.05, 0.1) is 6.04 Å². The van der Waals surface area contributed by atoms with Crippen molar-refractivity contribution in [2.75, 3.05) is 18.9 Å². The maximum absolute atomic E-state index is 12.9. The predicted molar refractivity (Wildman–Crippen MR) is 127 cm³/mol. The highest BCUT2D eigenvalue weighted by Crippen LogP contribution is 2.13. The molecule has 0 bridgehead atoms. The Hall–Kier alpha value is -3.43. The van der Waals surface area contributed by atoms with E-state index in [0.29, 0.717) is 31.5 Å². The molecule has 0 aliphatic heterocycles. The van der Waals surface area contributed by atoms with Gasteiger partial charge in [-0.1, -0.05) is 42.5 Å². The van der Waals surface area contributed by atoms with Crippen LogP contribution in [0.5, 0.6) is 0 Å². The topological polar surface area (TPSA) is 149 Å². The average molecular weight is 456 g/mol. The van der Waals surface area contributed by atoms with Crippen LogP contribution < -0.4 is 27.4 Å². The third-order valence-corrected chi connectivity index (χ3v) is 5.13. The van der Waals surface area contributed by atoms with E-state index in [2.05, 4.69) is 16.0 Å². The van der Waals surface area contributed by atoms with Crippen molar-refractivity contribution in [2.24, 2.45) is 11.5 Å². The van der Waals surface area contributed by atoms with Crippen LogP contribution in [0.4, 0.5) is 10.5 Å². The molecule has 0 aliphatic carbocycles. The summed E-state index contributed by atoms with van der Waals surface area (Å²) >= 11 is 0. The van der Waals surface area contributed by atoms with Gasteiger partial charge in [-0.25, -0.2) is 4.79 Å². The zero-order chi connectivity index (χ0) is 24.1. The third kappa shape index (κ3) is 9.30. The van der Waals surface area contributed by atoms with E-state index in [-0.39, 0.29) is 18.4 Å². The van der Waals surface area contributed by atoms with Crippen molar-refractivity contribution in [1.29, 1.82) is 0 Å². The zero-order valence-corrected chi connectivity index (χ0v) is 18.9. The Labute approximate surface area is 194 Å². The maximum atomic E-state index is 12.9. The van der Waals surface area contributed by atoms with E-state index < -0.39 is 18.2 Å². The lowest BCUT2D eigenvalue weighted by Crippen LogP contribution is -2.51. The highest BCUT2D eigenvalue weighted by Gasteiger charge is 2.25. The van der Waals surface area contributed by atoms with E-state index in [9.17, 15) is 14.4 Å². The van der Waals surface area contributed by atoms with Crippen LogP contribution in [0.25, 0.3) is 0 Å². The SMILES string of the molecule is CNC(Cc1ccccc1)C(=O)NC(CCCCN)C(=O)Nc1ccc(COC(N)=O)cc1. The molecule has 33 heavy (non-hydrogen) atoms. The summed E-state index contributed by atoms with van der Waals surface area (Å²) in [6, 6.07) is 15.4. The number of hydrogen-bond acceptors (Lipinski definition) is 6. The number of carbonyl (C=O) groups excluding carboxylic acids is 3. The molecular weight excluding hydrogens is 422 g/mol. The van der Waals surface area contributed by atoms with Gasteiger partial charge in [-0.15, -0.1) is 0 Å². The van der Waals surface area contributed by atoms with E-state index in [0.717, 1.165) is 17.5 Å². The number of hydrogen-bond donors (Lipinski definition) is 5. The molecule has 2 rings (SSSR count). The number of anilines is 1. The first-order valence-electron chi connectivity index (χ1n) is 11.0. The van der Waals surface area contributed by atoms with Gasteiger partial charge in [-0.05, 0) is 62.5 Å². The molecular formula is C24H33N5O4. The van der Waals surface area contributed by atoms with Gasteiger partial charge >= 0.3 is 6.09 Å². The summed E-state index contributed by atoms with van der Waals surface area (Å²) < 4.78 is 4.75. The fraction of sp³-hybridized carbons (Fsp3) is 0.375. The van der Waals surface area contributed by atoms with Crippen LogP contribution in [0.2, 0.25) is 0 Å². The molecule has 0 heterocycles. The average Bonchev–Trinajstić information content (AvgIpc) is 2.82. The molecule has 0 aliphatic rings. The molecule has 2 atom stereocenters. The Morgan fingerprint density at radius 2 is 1.61 bits per heavy atom. The quantitative estimate of drug-likeness (QED) is 0.290. The Kier molecular flexibility index (Phi) is 10.9. The fourth-order valence-electron chi connectivity index (χ4n) is 3.28. The summed E-state index contributed by atoms with van der Waals surface area (Å²) in [6.45, 7) is 0.568. The largest absolute Gasteiger partial charge is 0.445 e. The number of rotatable bonds is 13. The van der Waals surface area contributed by atoms with Crippen molar-refractivity contribution in [2.45, 2.75) is 44.4 Å². The first-order valence-corrected chi connectivity index (χ1v) is 11.0. The second-order valence-corrected chi connectivity index (χ2v) is 7.67. The maximum Gasteiger partial charge on any atom is 0.404 e. The number of nitrogens with one attached hydrogen (secondary N) is 3. The van der Waals surface area contributed by atoms with Gasteiger partial charge in [0.2, 0.25) is 11.8 Å². The summed E-state index contributed by atoms with van der Waals surface area (Å²) in [5, 5.41) is 8.75. The number of unbranched alkanes of at least 4 members (excludes halogenated alkanes) is 1. The van der Waals surface area contributed by atoms with E-state index >= 15 is 0 Å². The van der Waals surface area contributed by atoms with Crippen molar-refractivity contribution in [3.05, 3.63) is 65.7 Å². The first-order chi connectivity index (χ1) is 15.9. The summed E-state index contributed by atoms with van der Waals surface area (Å²) in [6.07, 6.45) is 1.60. The number of nitrogens with two attached hydrogens (primary N) is 2. The standard InChI is InChI=1S/C24H33N5O4/c1-27-21(15-17-7-3-2-4-8-17)23(31)29-20(9-5-6-14-25)22(30)28-19-12-10-18(11-13-19)16-33-24(26)32/h2-4,7-8,10-13,20-21,27H,5-6,9,14-16,25H2,1H3,(H2,26,32)(H,28,30)(H,29,31). The molecule has 9 heteroatoms. The molecule has 2 aromatic rings. The Bertz CT molecular complexity index is 889. The number of carbonyl (C=O) groups is 3. The van der Waals surface area contributed by atoms with Crippen molar-refractivity contribution >= 4 is 23.6 Å². The van der Waals surface area contributed by atoms with Crippen molar-refractivity contribution < 1.29 is 19.1 Å². The molecule has 0 radical (unpaired) electrons. The highest BCUT2D eigenvalue weighted by molar-refractivity contribution is 5.97. The number of ether oxygens (including phenoxy) is 1. The zero-order valence-electron chi connectivity index (χ0n) is 18.9. The van der Waals surface area contributed by atoms with Gasteiger partial charge in [-0.2, -0.15) is 0 Å².